The van der Waals surface area contributed by atoms with Gasteiger partial charge in [-0.3, -0.25) is 4.79 Å². The second-order valence-electron chi connectivity index (χ2n) is 10.5. The Kier molecular flexibility index (Phi) is 9.30. The number of ether oxygens (including phenoxy) is 1. The smallest absolute Gasteiger partial charge is 0.313 e. The van der Waals surface area contributed by atoms with Gasteiger partial charge in [0.1, 0.15) is 22.5 Å². The van der Waals surface area contributed by atoms with E-state index in [1.165, 1.54) is 43.3 Å². The van der Waals surface area contributed by atoms with Gasteiger partial charge in [-0.1, -0.05) is 90.8 Å². The van der Waals surface area contributed by atoms with Crippen LogP contribution >= 0.6 is 0 Å². The van der Waals surface area contributed by atoms with Crippen molar-refractivity contribution in [1.29, 1.82) is 0 Å². The number of aromatic hydroxyl groups is 1. The third-order valence-corrected chi connectivity index (χ3v) is 6.52. The van der Waals surface area contributed by atoms with Crippen LogP contribution in [0.2, 0.25) is 0 Å². The van der Waals surface area contributed by atoms with Crippen molar-refractivity contribution in [3.63, 3.8) is 0 Å². The van der Waals surface area contributed by atoms with E-state index in [0.29, 0.717) is 12.3 Å². The van der Waals surface area contributed by atoms with Crippen LogP contribution in [0.1, 0.15) is 103 Å². The molecular weight excluding hydrogens is 438 g/mol. The molecule has 0 radical (unpaired) electrons. The molecular formula is C29H41N3O3. The van der Waals surface area contributed by atoms with Crippen LogP contribution in [0, 0.1) is 0 Å². The number of hydrogen-bond acceptors (Lipinski definition) is 5. The molecule has 0 saturated carbocycles. The Morgan fingerprint density at radius 1 is 0.971 bits per heavy atom. The number of carbonyl (C=O) groups is 1. The normalized spacial score (nSPS) is 12.7. The third kappa shape index (κ3) is 7.06. The van der Waals surface area contributed by atoms with E-state index >= 15 is 0 Å². The van der Waals surface area contributed by atoms with E-state index in [2.05, 4.69) is 17.1 Å². The Morgan fingerprint density at radius 2 is 1.54 bits per heavy atom. The molecule has 2 aromatic carbocycles. The standard InChI is InChI=1S/C29H41N3O3/c1-6-7-8-9-10-11-12-15-18-35-28(34)21(2)22-19-23(29(3,4)5)27(33)26(20-22)32-30-24-16-13-14-17-25(24)31-32/h13-14,16-17,19-21,33H,6-12,15,18H2,1-5H3. The van der Waals surface area contributed by atoms with Gasteiger partial charge in [-0.2, -0.15) is 0 Å². The maximum Gasteiger partial charge on any atom is 0.313 e. The van der Waals surface area contributed by atoms with Gasteiger partial charge in [0.15, 0.2) is 0 Å². The number of hydrogen-bond donors (Lipinski definition) is 1. The maximum absolute atomic E-state index is 12.9. The van der Waals surface area contributed by atoms with E-state index in [9.17, 15) is 9.90 Å². The summed E-state index contributed by atoms with van der Waals surface area (Å²) in [5.41, 5.74) is 3.15. The molecule has 1 aromatic heterocycles. The lowest BCUT2D eigenvalue weighted by atomic mass is 9.83. The van der Waals surface area contributed by atoms with E-state index in [1.54, 1.807) is 6.07 Å². The molecule has 190 valence electrons. The summed E-state index contributed by atoms with van der Waals surface area (Å²) < 4.78 is 5.61. The number of aromatic nitrogens is 3. The van der Waals surface area contributed by atoms with Crippen molar-refractivity contribution in [2.24, 2.45) is 0 Å². The number of carbonyl (C=O) groups excluding carboxylic acids is 1. The second-order valence-corrected chi connectivity index (χ2v) is 10.5. The van der Waals surface area contributed by atoms with Crippen molar-refractivity contribution in [1.82, 2.24) is 15.0 Å². The van der Waals surface area contributed by atoms with Gasteiger partial charge in [-0.25, -0.2) is 0 Å². The average Bonchev–Trinajstić information content (AvgIpc) is 3.26. The first-order valence-corrected chi connectivity index (χ1v) is 13.1. The van der Waals surface area contributed by atoms with Crippen LogP contribution in [-0.2, 0) is 14.9 Å². The summed E-state index contributed by atoms with van der Waals surface area (Å²) >= 11 is 0. The van der Waals surface area contributed by atoms with E-state index in [1.807, 2.05) is 58.0 Å². The summed E-state index contributed by atoms with van der Waals surface area (Å²) in [7, 11) is 0. The van der Waals surface area contributed by atoms with E-state index < -0.39 is 5.92 Å². The van der Waals surface area contributed by atoms with Crippen LogP contribution < -0.4 is 0 Å². The molecule has 0 saturated heterocycles. The van der Waals surface area contributed by atoms with Gasteiger partial charge in [-0.05, 0) is 42.5 Å². The monoisotopic (exact) mass is 479 g/mol. The molecule has 3 aromatic rings. The molecule has 6 nitrogen and oxygen atoms in total. The Hall–Kier alpha value is -2.89. The number of unbranched alkanes of at least 4 members (excludes halogenated alkanes) is 7. The minimum Gasteiger partial charge on any atom is -0.505 e. The highest BCUT2D eigenvalue weighted by Gasteiger charge is 2.26. The van der Waals surface area contributed by atoms with Gasteiger partial charge in [0.25, 0.3) is 0 Å². The first kappa shape index (κ1) is 26.7. The lowest BCUT2D eigenvalue weighted by molar-refractivity contribution is -0.145. The number of phenolic OH excluding ortho intramolecular Hbond substituents is 1. The molecule has 1 N–H and O–H groups in total. The molecule has 0 aliphatic heterocycles. The number of esters is 1. The van der Waals surface area contributed by atoms with Crippen molar-refractivity contribution in [2.45, 2.75) is 97.3 Å². The van der Waals surface area contributed by atoms with Crippen molar-refractivity contribution in [2.75, 3.05) is 6.61 Å². The highest BCUT2D eigenvalue weighted by Crippen LogP contribution is 2.38. The fourth-order valence-corrected chi connectivity index (χ4v) is 4.25. The van der Waals surface area contributed by atoms with E-state index in [-0.39, 0.29) is 17.1 Å². The Balaban J connectivity index is 1.71. The molecule has 0 bridgehead atoms. The number of nitrogens with zero attached hydrogens (tertiary/aromatic N) is 3. The summed E-state index contributed by atoms with van der Waals surface area (Å²) in [6.07, 6.45) is 9.63. The third-order valence-electron chi connectivity index (χ3n) is 6.52. The van der Waals surface area contributed by atoms with E-state index in [4.69, 9.17) is 4.74 Å². The quantitative estimate of drug-likeness (QED) is 0.219. The predicted octanol–water partition coefficient (Wildman–Crippen LogP) is 7.21. The van der Waals surface area contributed by atoms with E-state index in [0.717, 1.165) is 35.0 Å². The molecule has 0 fully saturated rings. The van der Waals surface area contributed by atoms with Crippen LogP contribution in [0.4, 0.5) is 0 Å². The summed E-state index contributed by atoms with van der Waals surface area (Å²) in [5, 5.41) is 20.2. The van der Waals surface area contributed by atoms with Crippen molar-refractivity contribution >= 4 is 17.0 Å². The summed E-state index contributed by atoms with van der Waals surface area (Å²) in [6, 6.07) is 11.3. The van der Waals surface area contributed by atoms with Crippen LogP contribution in [0.15, 0.2) is 36.4 Å². The van der Waals surface area contributed by atoms with Crippen LogP contribution in [0.3, 0.4) is 0 Å². The van der Waals surface area contributed by atoms with Crippen LogP contribution in [0.5, 0.6) is 5.75 Å². The largest absolute Gasteiger partial charge is 0.505 e. The fourth-order valence-electron chi connectivity index (χ4n) is 4.25. The molecule has 6 heteroatoms. The minimum absolute atomic E-state index is 0.126. The zero-order chi connectivity index (χ0) is 25.4. The number of benzene rings is 2. The first-order valence-electron chi connectivity index (χ1n) is 13.1. The highest BCUT2D eigenvalue weighted by molar-refractivity contribution is 5.79. The summed E-state index contributed by atoms with van der Waals surface area (Å²) in [6.45, 7) is 10.6. The zero-order valence-corrected chi connectivity index (χ0v) is 22.0. The first-order chi connectivity index (χ1) is 16.7. The molecule has 1 heterocycles. The maximum atomic E-state index is 12.9. The fraction of sp³-hybridized carbons (Fsp3) is 0.552. The molecule has 0 aliphatic rings. The lowest BCUT2D eigenvalue weighted by Crippen LogP contribution is -2.18. The topological polar surface area (TPSA) is 77.2 Å². The Labute approximate surface area is 209 Å². The molecule has 0 aliphatic carbocycles. The molecule has 1 atom stereocenters. The Morgan fingerprint density at radius 3 is 2.11 bits per heavy atom. The molecule has 0 spiro atoms. The van der Waals surface area contributed by atoms with Gasteiger partial charge in [-0.15, -0.1) is 15.0 Å². The minimum atomic E-state index is -0.463. The zero-order valence-electron chi connectivity index (χ0n) is 22.0. The summed E-state index contributed by atoms with van der Waals surface area (Å²) in [5.74, 6) is -0.585. The molecule has 3 rings (SSSR count). The number of fused-ring (bicyclic) bond motifs is 1. The lowest BCUT2D eigenvalue weighted by Gasteiger charge is -2.24. The van der Waals surface area contributed by atoms with Crippen molar-refractivity contribution in [3.05, 3.63) is 47.5 Å². The number of rotatable bonds is 12. The summed E-state index contributed by atoms with van der Waals surface area (Å²) in [4.78, 5) is 14.3. The van der Waals surface area contributed by atoms with Crippen LogP contribution in [0.25, 0.3) is 16.7 Å². The van der Waals surface area contributed by atoms with Gasteiger partial charge >= 0.3 is 5.97 Å². The average molecular weight is 480 g/mol. The highest BCUT2D eigenvalue weighted by atomic mass is 16.5. The van der Waals surface area contributed by atoms with Crippen LogP contribution in [-0.4, -0.2) is 32.7 Å². The molecule has 1 unspecified atom stereocenters. The van der Waals surface area contributed by atoms with Gasteiger partial charge in [0, 0.05) is 5.56 Å². The van der Waals surface area contributed by atoms with Crippen molar-refractivity contribution < 1.29 is 14.6 Å². The predicted molar refractivity (Wildman–Crippen MR) is 141 cm³/mol. The van der Waals surface area contributed by atoms with Crippen molar-refractivity contribution in [3.8, 4) is 11.4 Å². The number of phenols is 1. The van der Waals surface area contributed by atoms with Gasteiger partial charge in [0.2, 0.25) is 0 Å². The van der Waals surface area contributed by atoms with Gasteiger partial charge in [0.05, 0.1) is 12.5 Å². The van der Waals surface area contributed by atoms with Gasteiger partial charge < -0.3 is 9.84 Å². The Bertz CT molecular complexity index is 1080. The molecule has 35 heavy (non-hydrogen) atoms. The SMILES string of the molecule is CCCCCCCCCCOC(=O)C(C)c1cc(-n2nc3ccccc3n2)c(O)c(C(C)(C)C)c1. The second kappa shape index (κ2) is 12.2. The molecule has 0 amide bonds.